The molecule has 0 saturated heterocycles. The third kappa shape index (κ3) is 2.51. The van der Waals surface area contributed by atoms with Crippen molar-refractivity contribution in [1.29, 1.82) is 5.26 Å². The molecule has 0 spiro atoms. The van der Waals surface area contributed by atoms with Gasteiger partial charge in [-0.2, -0.15) is 5.26 Å². The highest BCUT2D eigenvalue weighted by Gasteiger charge is 2.15. The molecule has 19 heavy (non-hydrogen) atoms. The normalized spacial score (nSPS) is 10.2. The maximum absolute atomic E-state index is 13.1. The smallest absolute Gasteiger partial charge is 0.270 e. The lowest BCUT2D eigenvalue weighted by Crippen LogP contribution is -2.14. The predicted octanol–water partition coefficient (Wildman–Crippen LogP) is 2.48. The van der Waals surface area contributed by atoms with Crippen LogP contribution in [0.5, 0.6) is 0 Å². The fraction of sp³-hybridized carbons (Fsp3) is 0.154. The number of halogens is 1. The van der Waals surface area contributed by atoms with Gasteiger partial charge in [-0.3, -0.25) is 4.79 Å². The topological polar surface area (TPSA) is 69.5 Å². The summed E-state index contributed by atoms with van der Waals surface area (Å²) in [6.07, 6.45) is 1.77. The van der Waals surface area contributed by atoms with Gasteiger partial charge in [0.2, 0.25) is 0 Å². The number of rotatable bonds is 2. The van der Waals surface area contributed by atoms with Crippen molar-refractivity contribution >= 4 is 11.8 Å². The summed E-state index contributed by atoms with van der Waals surface area (Å²) in [6, 6.07) is 6.00. The van der Waals surface area contributed by atoms with Crippen molar-refractivity contribution in [2.75, 3.05) is 6.26 Å². The number of hydrogen-bond acceptors (Lipinski definition) is 4. The Balaban J connectivity index is 2.77. The van der Waals surface area contributed by atoms with Crippen LogP contribution in [0.15, 0.2) is 28.2 Å². The van der Waals surface area contributed by atoms with E-state index >= 15 is 0 Å². The Labute approximate surface area is 113 Å². The molecule has 1 heterocycles. The molecule has 0 aliphatic rings. The molecule has 2 rings (SSSR count). The average molecular weight is 275 g/mol. The SMILES string of the molecule is CSc1nc(-c2ccc(F)cc2C)c(C#N)c(=O)[nH]1. The van der Waals surface area contributed by atoms with E-state index in [4.69, 9.17) is 5.26 Å². The number of aromatic nitrogens is 2. The van der Waals surface area contributed by atoms with E-state index in [-0.39, 0.29) is 17.1 Å². The standard InChI is InChI=1S/C13H10FN3OS/c1-7-5-8(14)3-4-9(7)11-10(6-15)12(18)17-13(16-11)19-2/h3-5H,1-2H3,(H,16,17,18). The van der Waals surface area contributed by atoms with E-state index in [9.17, 15) is 9.18 Å². The molecule has 6 heteroatoms. The highest BCUT2D eigenvalue weighted by Crippen LogP contribution is 2.25. The molecule has 2 aromatic rings. The molecule has 0 aliphatic heterocycles. The van der Waals surface area contributed by atoms with E-state index in [1.165, 1.54) is 30.0 Å². The number of H-pyrrole nitrogens is 1. The van der Waals surface area contributed by atoms with Crippen LogP contribution in [0.2, 0.25) is 0 Å². The van der Waals surface area contributed by atoms with Gasteiger partial charge in [-0.1, -0.05) is 11.8 Å². The maximum Gasteiger partial charge on any atom is 0.270 e. The predicted molar refractivity (Wildman–Crippen MR) is 71.5 cm³/mol. The second kappa shape index (κ2) is 5.24. The molecular weight excluding hydrogens is 265 g/mol. The van der Waals surface area contributed by atoms with Gasteiger partial charge in [0.25, 0.3) is 5.56 Å². The molecule has 0 aliphatic carbocycles. The monoisotopic (exact) mass is 275 g/mol. The molecule has 1 aromatic carbocycles. The minimum Gasteiger partial charge on any atom is -0.300 e. The van der Waals surface area contributed by atoms with Crippen LogP contribution in [-0.2, 0) is 0 Å². The Bertz CT molecular complexity index is 734. The highest BCUT2D eigenvalue weighted by molar-refractivity contribution is 7.98. The molecule has 0 fully saturated rings. The van der Waals surface area contributed by atoms with Gasteiger partial charge < -0.3 is 4.98 Å². The Morgan fingerprint density at radius 1 is 1.47 bits per heavy atom. The minimum absolute atomic E-state index is 0.0625. The van der Waals surface area contributed by atoms with Crippen LogP contribution in [-0.4, -0.2) is 16.2 Å². The van der Waals surface area contributed by atoms with E-state index in [1.807, 2.05) is 6.07 Å². The number of nitrogens with zero attached hydrogens (tertiary/aromatic N) is 2. The minimum atomic E-state index is -0.486. The lowest BCUT2D eigenvalue weighted by molar-refractivity contribution is 0.627. The lowest BCUT2D eigenvalue weighted by Gasteiger charge is -2.08. The van der Waals surface area contributed by atoms with Crippen molar-refractivity contribution in [3.8, 4) is 17.3 Å². The van der Waals surface area contributed by atoms with Crippen LogP contribution in [0.4, 0.5) is 4.39 Å². The van der Waals surface area contributed by atoms with E-state index < -0.39 is 5.56 Å². The molecule has 0 radical (unpaired) electrons. The second-order valence-corrected chi connectivity index (χ2v) is 4.66. The van der Waals surface area contributed by atoms with Gasteiger partial charge in [0.15, 0.2) is 5.16 Å². The molecule has 0 saturated carbocycles. The van der Waals surface area contributed by atoms with Gasteiger partial charge in [0, 0.05) is 5.56 Å². The summed E-state index contributed by atoms with van der Waals surface area (Å²) in [6.45, 7) is 1.71. The van der Waals surface area contributed by atoms with Crippen LogP contribution in [0.25, 0.3) is 11.3 Å². The zero-order valence-electron chi connectivity index (χ0n) is 10.3. The number of aromatic amines is 1. The third-order valence-electron chi connectivity index (χ3n) is 2.65. The molecule has 0 atom stereocenters. The lowest BCUT2D eigenvalue weighted by atomic mass is 10.0. The van der Waals surface area contributed by atoms with Crippen LogP contribution >= 0.6 is 11.8 Å². The molecule has 4 nitrogen and oxygen atoms in total. The molecule has 0 unspecified atom stereocenters. The Morgan fingerprint density at radius 2 is 2.21 bits per heavy atom. The summed E-state index contributed by atoms with van der Waals surface area (Å²) in [5.41, 5.74) is 0.946. The van der Waals surface area contributed by atoms with Crippen molar-refractivity contribution in [1.82, 2.24) is 9.97 Å². The van der Waals surface area contributed by atoms with Crippen molar-refractivity contribution in [3.63, 3.8) is 0 Å². The van der Waals surface area contributed by atoms with E-state index in [0.29, 0.717) is 16.3 Å². The Hall–Kier alpha value is -2.13. The fourth-order valence-corrected chi connectivity index (χ4v) is 2.12. The first kappa shape index (κ1) is 13.3. The first-order chi connectivity index (χ1) is 9.06. The number of aryl methyl sites for hydroxylation is 1. The maximum atomic E-state index is 13.1. The zero-order valence-corrected chi connectivity index (χ0v) is 11.1. The Morgan fingerprint density at radius 3 is 2.79 bits per heavy atom. The molecular formula is C13H10FN3OS. The summed E-state index contributed by atoms with van der Waals surface area (Å²) in [7, 11) is 0. The van der Waals surface area contributed by atoms with Crippen molar-refractivity contribution in [2.45, 2.75) is 12.1 Å². The van der Waals surface area contributed by atoms with Crippen molar-refractivity contribution < 1.29 is 4.39 Å². The van der Waals surface area contributed by atoms with Crippen LogP contribution in [0.1, 0.15) is 11.1 Å². The first-order valence-electron chi connectivity index (χ1n) is 5.41. The van der Waals surface area contributed by atoms with Crippen molar-refractivity contribution in [3.05, 3.63) is 45.5 Å². The number of nitriles is 1. The van der Waals surface area contributed by atoms with Gasteiger partial charge in [-0.05, 0) is 36.9 Å². The van der Waals surface area contributed by atoms with Gasteiger partial charge in [-0.25, -0.2) is 9.37 Å². The number of benzene rings is 1. The molecule has 96 valence electrons. The van der Waals surface area contributed by atoms with Crippen molar-refractivity contribution in [2.24, 2.45) is 0 Å². The van der Waals surface area contributed by atoms with Crippen LogP contribution in [0, 0.1) is 24.1 Å². The third-order valence-corrected chi connectivity index (χ3v) is 3.23. The van der Waals surface area contributed by atoms with Gasteiger partial charge in [0.1, 0.15) is 17.4 Å². The largest absolute Gasteiger partial charge is 0.300 e. The number of thioether (sulfide) groups is 1. The zero-order chi connectivity index (χ0) is 14.0. The molecule has 1 aromatic heterocycles. The number of hydrogen-bond donors (Lipinski definition) is 1. The van der Waals surface area contributed by atoms with Crippen LogP contribution in [0.3, 0.4) is 0 Å². The van der Waals surface area contributed by atoms with Gasteiger partial charge >= 0.3 is 0 Å². The van der Waals surface area contributed by atoms with E-state index in [1.54, 1.807) is 13.2 Å². The van der Waals surface area contributed by atoms with E-state index in [0.717, 1.165) is 0 Å². The number of nitrogens with one attached hydrogen (secondary N) is 1. The summed E-state index contributed by atoms with van der Waals surface area (Å²) < 4.78 is 13.1. The summed E-state index contributed by atoms with van der Waals surface area (Å²) in [4.78, 5) is 18.6. The van der Waals surface area contributed by atoms with E-state index in [2.05, 4.69) is 9.97 Å². The molecule has 0 amide bonds. The van der Waals surface area contributed by atoms with Gasteiger partial charge in [0.05, 0.1) is 5.69 Å². The van der Waals surface area contributed by atoms with Crippen LogP contribution < -0.4 is 5.56 Å². The second-order valence-electron chi connectivity index (χ2n) is 3.87. The van der Waals surface area contributed by atoms with Gasteiger partial charge in [-0.15, -0.1) is 0 Å². The fourth-order valence-electron chi connectivity index (χ4n) is 1.74. The first-order valence-corrected chi connectivity index (χ1v) is 6.64. The molecule has 1 N–H and O–H groups in total. The molecule has 0 bridgehead atoms. The summed E-state index contributed by atoms with van der Waals surface area (Å²) in [5.74, 6) is -0.366. The summed E-state index contributed by atoms with van der Waals surface area (Å²) >= 11 is 1.27. The quantitative estimate of drug-likeness (QED) is 0.675. The average Bonchev–Trinajstić information content (AvgIpc) is 2.37. The highest BCUT2D eigenvalue weighted by atomic mass is 32.2. The summed E-state index contributed by atoms with van der Waals surface area (Å²) in [5, 5.41) is 9.50. The Kier molecular flexibility index (Phi) is 3.67.